The average molecular weight is 1540 g/mol. The van der Waals surface area contributed by atoms with Gasteiger partial charge in [-0.15, -0.1) is 0 Å². The van der Waals surface area contributed by atoms with E-state index in [1.54, 1.807) is 22.3 Å². The summed E-state index contributed by atoms with van der Waals surface area (Å²) in [7, 11) is 0. The highest BCUT2D eigenvalue weighted by atomic mass is 15.0. The molecule has 0 N–H and O–H groups in total. The Morgan fingerprint density at radius 3 is 0.917 bits per heavy atom. The van der Waals surface area contributed by atoms with Gasteiger partial charge in [0.05, 0.1) is 49.8 Å². The molecule has 120 heavy (non-hydrogen) atoms. The van der Waals surface area contributed by atoms with Crippen LogP contribution in [0.1, 0.15) is 86.5 Å². The van der Waals surface area contributed by atoms with Crippen LogP contribution in [0.3, 0.4) is 0 Å². The van der Waals surface area contributed by atoms with Crippen LogP contribution in [-0.4, -0.2) is 28.2 Å². The normalized spacial score (nSPS) is 22.4. The fourth-order valence-corrected chi connectivity index (χ4v) is 26.9. The summed E-state index contributed by atoms with van der Waals surface area (Å²) in [6.45, 7) is 0. The monoisotopic (exact) mass is 1540 g/mol. The Labute approximate surface area is 697 Å². The van der Waals surface area contributed by atoms with Gasteiger partial charge < -0.3 is 18.3 Å². The molecule has 6 heteroatoms. The number of aromatic nitrogens is 6. The zero-order valence-electron chi connectivity index (χ0n) is 66.9. The molecule has 20 aromatic rings. The minimum Gasteiger partial charge on any atom is -0.309 e. The third-order valence-corrected chi connectivity index (χ3v) is 31.2. The van der Waals surface area contributed by atoms with E-state index >= 15 is 0 Å². The molecule has 0 radical (unpaired) electrons. The van der Waals surface area contributed by atoms with Crippen LogP contribution in [0, 0.1) is 47.3 Å². The Balaban J connectivity index is 0.000000127. The number of hydrogen-bond acceptors (Lipinski definition) is 2. The zero-order chi connectivity index (χ0) is 78.2. The molecule has 0 aliphatic heterocycles. The van der Waals surface area contributed by atoms with Crippen LogP contribution in [0.15, 0.2) is 352 Å². The van der Waals surface area contributed by atoms with Crippen molar-refractivity contribution >= 4 is 87.2 Å². The van der Waals surface area contributed by atoms with Gasteiger partial charge in [-0.25, -0.2) is 0 Å². The molecule has 8 fully saturated rings. The number of nitrogens with zero attached hydrogens (tertiary/aromatic N) is 6. The Hall–Kier alpha value is -13.4. The molecule has 0 amide bonds. The summed E-state index contributed by atoms with van der Waals surface area (Å²) in [5.41, 5.74) is 36.8. The van der Waals surface area contributed by atoms with Crippen LogP contribution in [0.5, 0.6) is 0 Å². The van der Waals surface area contributed by atoms with Crippen molar-refractivity contribution in [2.24, 2.45) is 47.3 Å². The predicted molar refractivity (Wildman–Crippen MR) is 494 cm³/mol. The molecule has 10 aliphatic carbocycles. The summed E-state index contributed by atoms with van der Waals surface area (Å²) in [5.74, 6) is 6.70. The topological polar surface area (TPSA) is 45.5 Å². The van der Waals surface area contributed by atoms with Crippen LogP contribution in [-0.2, 0) is 10.8 Å². The van der Waals surface area contributed by atoms with Crippen LogP contribution in [0.25, 0.3) is 177 Å². The van der Waals surface area contributed by atoms with E-state index in [2.05, 4.69) is 344 Å². The highest BCUT2D eigenvalue weighted by Gasteiger charge is 2.63. The van der Waals surface area contributed by atoms with Gasteiger partial charge >= 0.3 is 0 Å². The van der Waals surface area contributed by atoms with Crippen molar-refractivity contribution in [3.63, 3.8) is 0 Å². The molecule has 6 heterocycles. The van der Waals surface area contributed by atoms with E-state index in [1.807, 2.05) is 36.8 Å². The Bertz CT molecular complexity index is 7160. The maximum atomic E-state index is 4.57. The number of rotatable bonds is 8. The highest BCUT2D eigenvalue weighted by molar-refractivity contribution is 6.15. The summed E-state index contributed by atoms with van der Waals surface area (Å²) in [6.07, 6.45) is 19.7. The van der Waals surface area contributed by atoms with E-state index in [4.69, 9.17) is 0 Å². The number of pyridine rings is 2. The molecule has 2 spiro atoms. The maximum absolute atomic E-state index is 4.57. The summed E-state index contributed by atoms with van der Waals surface area (Å²) in [6, 6.07) is 126. The van der Waals surface area contributed by atoms with E-state index < -0.39 is 0 Å². The second-order valence-corrected chi connectivity index (χ2v) is 36.8. The fourth-order valence-electron chi connectivity index (χ4n) is 26.9. The van der Waals surface area contributed by atoms with E-state index in [1.165, 1.54) is 213 Å². The van der Waals surface area contributed by atoms with E-state index in [0.717, 1.165) is 75.5 Å². The Morgan fingerprint density at radius 1 is 0.217 bits per heavy atom. The largest absolute Gasteiger partial charge is 0.309 e. The van der Waals surface area contributed by atoms with Crippen molar-refractivity contribution in [1.82, 2.24) is 28.2 Å². The predicted octanol–water partition coefficient (Wildman–Crippen LogP) is 28.7. The first-order valence-corrected chi connectivity index (χ1v) is 44.1. The van der Waals surface area contributed by atoms with Gasteiger partial charge in [0, 0.05) is 101 Å². The molecule has 0 atom stereocenters. The molecule has 8 bridgehead atoms. The molecule has 30 rings (SSSR count). The van der Waals surface area contributed by atoms with E-state index in [9.17, 15) is 0 Å². The van der Waals surface area contributed by atoms with Crippen molar-refractivity contribution in [2.75, 3.05) is 0 Å². The fraction of sp³-hybridized carbons (Fsp3) is 0.175. The van der Waals surface area contributed by atoms with Crippen molar-refractivity contribution in [2.45, 2.75) is 75.0 Å². The molecule has 6 nitrogen and oxygen atoms in total. The number of para-hydroxylation sites is 4. The van der Waals surface area contributed by atoms with Crippen molar-refractivity contribution in [3.05, 3.63) is 374 Å². The Morgan fingerprint density at radius 2 is 0.542 bits per heavy atom. The molecule has 0 unspecified atom stereocenters. The molecule has 6 aromatic heterocycles. The van der Waals surface area contributed by atoms with Gasteiger partial charge in [0.2, 0.25) is 0 Å². The first-order valence-electron chi connectivity index (χ1n) is 44.1. The summed E-state index contributed by atoms with van der Waals surface area (Å²) in [4.78, 5) is 8.91. The number of hydrogen-bond donors (Lipinski definition) is 0. The minimum absolute atomic E-state index is 0.145. The van der Waals surface area contributed by atoms with Crippen molar-refractivity contribution in [3.8, 4) is 89.6 Å². The minimum atomic E-state index is 0.145. The summed E-state index contributed by atoms with van der Waals surface area (Å²) in [5, 5.41) is 10.2. The Kier molecular flexibility index (Phi) is 14.4. The number of benzene rings is 14. The van der Waals surface area contributed by atoms with Gasteiger partial charge in [0.25, 0.3) is 0 Å². The first-order chi connectivity index (χ1) is 59.4. The van der Waals surface area contributed by atoms with Crippen LogP contribution >= 0.6 is 0 Å². The molecule has 572 valence electrons. The highest BCUT2D eigenvalue weighted by Crippen LogP contribution is 2.72. The van der Waals surface area contributed by atoms with Gasteiger partial charge in [0.1, 0.15) is 0 Å². The van der Waals surface area contributed by atoms with E-state index in [-0.39, 0.29) is 10.8 Å². The van der Waals surface area contributed by atoms with Crippen molar-refractivity contribution in [1.29, 1.82) is 0 Å². The second-order valence-electron chi connectivity index (χ2n) is 36.8. The molecule has 14 aromatic carbocycles. The van der Waals surface area contributed by atoms with Gasteiger partial charge in [-0.2, -0.15) is 0 Å². The van der Waals surface area contributed by atoms with Gasteiger partial charge in [-0.05, 0) is 329 Å². The van der Waals surface area contributed by atoms with Gasteiger partial charge in [-0.1, -0.05) is 194 Å². The smallest absolute Gasteiger partial charge is 0.0701 e. The third-order valence-electron chi connectivity index (χ3n) is 31.2. The van der Waals surface area contributed by atoms with Crippen LogP contribution in [0.4, 0.5) is 0 Å². The van der Waals surface area contributed by atoms with Gasteiger partial charge in [0.15, 0.2) is 0 Å². The SMILES string of the molecule is c1ccc(-c2ccc(-n3c4ccccc4c4cc(-c5ccc6c(c5)c5ccccc5n6-c5ccc6c(c5)C5(c7ccccc7-6)C6CC7CC(C6)CC5C7)ccc43)cc2)nc1.c1cncc(-c2ccc(-n3c4ccccc4c4cc(-c5ccc6c(c5)c5ccccc5n6-c5ccc6c(c5)C5(c7ccccc7-6)C6CC7CC(C6)CC5C7)ccc43)cc2)c1. The molecule has 8 saturated carbocycles. The lowest BCUT2D eigenvalue weighted by Crippen LogP contribution is -2.55. The van der Waals surface area contributed by atoms with Gasteiger partial charge in [-0.3, -0.25) is 9.97 Å². The lowest BCUT2D eigenvalue weighted by atomic mass is 9.43. The summed E-state index contributed by atoms with van der Waals surface area (Å²) < 4.78 is 9.91. The summed E-state index contributed by atoms with van der Waals surface area (Å²) >= 11 is 0. The standard InChI is InChI=1S/2C57H43N3/c1-4-12-50-44(9-1)45-23-22-43(34-51(45)57(50)40-28-35-27-36(30-40)31-41(57)29-35)60-54-15-6-3-11-47(54)49-33-39(19-25-56(49)60)38-18-24-55-48(32-38)46-10-2-5-14-53(46)59(55)42-20-16-37(17-21-42)52-13-7-8-26-58-52;1-4-12-51-45(9-1)46-22-21-44(33-52(46)57(51)41-27-35-26-36(29-41)30-42(57)28-35)60-54-14-6-3-11-48(54)50-32-39(18-24-56(50)60)38-17-23-55-49(31-38)47-10-2-5-13-53(47)59(55)43-19-15-37(16-20-43)40-8-7-25-58-34-40/h1-26,32-36,40-41H,27-31H2;1-25,31-36,41-42H,26-30H2. The average Bonchev–Trinajstić information content (AvgIpc) is 1.50. The lowest BCUT2D eigenvalue weighted by molar-refractivity contribution is -0.0399. The first kappa shape index (κ1) is 67.6. The number of fused-ring (bicyclic) bond motifs is 18. The van der Waals surface area contributed by atoms with E-state index in [0.29, 0.717) is 0 Å². The molecule has 10 aliphatic rings. The second kappa shape index (κ2) is 25.6. The molecular weight excluding hydrogens is 1450 g/mol. The van der Waals surface area contributed by atoms with Crippen LogP contribution < -0.4 is 0 Å². The lowest BCUT2D eigenvalue weighted by Gasteiger charge is -2.61. The molecule has 0 saturated heterocycles. The zero-order valence-corrected chi connectivity index (χ0v) is 66.9. The van der Waals surface area contributed by atoms with Crippen LogP contribution in [0.2, 0.25) is 0 Å². The molecular formula is C114H86N6. The quantitative estimate of drug-likeness (QED) is 0.152. The van der Waals surface area contributed by atoms with Crippen molar-refractivity contribution < 1.29 is 0 Å². The third kappa shape index (κ3) is 9.56. The maximum Gasteiger partial charge on any atom is 0.0701 e.